The first kappa shape index (κ1) is 47.2. The topological polar surface area (TPSA) is 110 Å². The summed E-state index contributed by atoms with van der Waals surface area (Å²) >= 11 is 0. The van der Waals surface area contributed by atoms with Crippen LogP contribution in [0.2, 0.25) is 0 Å². The Labute approximate surface area is 288 Å². The molecule has 0 radical (unpaired) electrons. The number of rotatable bonds is 25. The molecule has 40 heavy (non-hydrogen) atoms. The van der Waals surface area contributed by atoms with E-state index in [9.17, 15) is 4.79 Å². The molecule has 0 aromatic rings. The molecule has 0 aliphatic heterocycles. The summed E-state index contributed by atoms with van der Waals surface area (Å²) in [5.41, 5.74) is 0. The van der Waals surface area contributed by atoms with Gasteiger partial charge in [0.05, 0.1) is 39.6 Å². The molecule has 13 heteroatoms. The fourth-order valence-electron chi connectivity index (χ4n) is 2.56. The third kappa shape index (κ3) is 51.0. The van der Waals surface area contributed by atoms with Crippen LogP contribution in [0.25, 0.3) is 0 Å². The summed E-state index contributed by atoms with van der Waals surface area (Å²) in [5.74, 6) is 0. The molecule has 0 fully saturated rings. The molecule has 0 saturated heterocycles. The van der Waals surface area contributed by atoms with E-state index in [0.717, 1.165) is 71.9 Å². The number of carbonyl (C=O) groups excluding carboxylic acids is 2. The summed E-state index contributed by atoms with van der Waals surface area (Å²) in [7, 11) is 16.3. The van der Waals surface area contributed by atoms with Crippen molar-refractivity contribution in [2.24, 2.45) is 0 Å². The van der Waals surface area contributed by atoms with E-state index in [1.54, 1.807) is 4.90 Å². The zero-order chi connectivity index (χ0) is 30.2. The second kappa shape index (κ2) is 39.3. The molecular weight excluding hydrogens is 545 g/mol. The summed E-state index contributed by atoms with van der Waals surface area (Å²) in [6.07, 6.45) is 4.34. The molecule has 0 saturated carbocycles. The third-order valence-corrected chi connectivity index (χ3v) is 5.00. The van der Waals surface area contributed by atoms with Gasteiger partial charge < -0.3 is 53.3 Å². The summed E-state index contributed by atoms with van der Waals surface area (Å²) in [6.45, 7) is 10.5. The summed E-state index contributed by atoms with van der Waals surface area (Å²) in [4.78, 5) is 29.2. The zero-order valence-electron chi connectivity index (χ0n) is 27.3. The van der Waals surface area contributed by atoms with Crippen LogP contribution in [-0.4, -0.2) is 186 Å². The van der Waals surface area contributed by atoms with Crippen molar-refractivity contribution in [1.29, 1.82) is 0 Å². The van der Waals surface area contributed by atoms with Crippen molar-refractivity contribution in [2.75, 3.05) is 149 Å². The molecule has 0 aromatic carbocycles. The van der Waals surface area contributed by atoms with E-state index in [2.05, 4.69) is 47.8 Å². The number of ether oxygens (including phenoxy) is 4. The number of amides is 1. The zero-order valence-corrected chi connectivity index (χ0v) is 30.4. The molecule has 1 amide bonds. The van der Waals surface area contributed by atoms with Crippen LogP contribution < -0.4 is 56.5 Å². The normalized spacial score (nSPS) is 10.6. The Morgan fingerprint density at radius 1 is 0.475 bits per heavy atom. The van der Waals surface area contributed by atoms with Gasteiger partial charge in [0.2, 0.25) is 6.41 Å². The van der Waals surface area contributed by atoms with Crippen molar-refractivity contribution < 1.29 is 85.0 Å². The quantitative estimate of drug-likeness (QED) is 0.0582. The fourth-order valence-corrected chi connectivity index (χ4v) is 2.56. The predicted molar refractivity (Wildman–Crippen MR) is 155 cm³/mol. The third-order valence-electron chi connectivity index (χ3n) is 5.00. The van der Waals surface area contributed by atoms with E-state index in [1.807, 2.05) is 28.2 Å². The number of unbranched alkanes of at least 4 members (excludes halogenated alkanes) is 2. The van der Waals surface area contributed by atoms with Crippen molar-refractivity contribution in [1.82, 2.24) is 24.5 Å². The molecule has 0 unspecified atom stereocenters. The van der Waals surface area contributed by atoms with Crippen LogP contribution in [0.1, 0.15) is 19.3 Å². The van der Waals surface area contributed by atoms with Gasteiger partial charge in [0.1, 0.15) is 0 Å². The molecule has 12 nitrogen and oxygen atoms in total. The number of hydrogen-bond donors (Lipinski definition) is 0. The van der Waals surface area contributed by atoms with Crippen LogP contribution in [0.15, 0.2) is 0 Å². The fraction of sp³-hybridized carbons (Fsp3) is 0.926. The SMILES string of the molecule is CN(C)CCOCCCCCOCCN(C)C.CN(C)CCOCCN(C=O)CCOCCN(C)C.O=C[O-].[K+]. The van der Waals surface area contributed by atoms with Gasteiger partial charge in [-0.25, -0.2) is 0 Å². The molecule has 0 bridgehead atoms. The monoisotopic (exact) mass is 605 g/mol. The van der Waals surface area contributed by atoms with Gasteiger partial charge in [0, 0.05) is 59.0 Å². The van der Waals surface area contributed by atoms with Gasteiger partial charge in [-0.2, -0.15) is 0 Å². The summed E-state index contributed by atoms with van der Waals surface area (Å²) in [6, 6.07) is 0. The number of carboxylic acid groups (broad SMARTS) is 1. The smallest absolute Gasteiger partial charge is 0.554 e. The number of carbonyl (C=O) groups is 2. The average molecular weight is 606 g/mol. The van der Waals surface area contributed by atoms with E-state index in [1.165, 1.54) is 6.42 Å². The van der Waals surface area contributed by atoms with E-state index in [-0.39, 0.29) is 51.4 Å². The maximum absolute atomic E-state index is 10.8. The Morgan fingerprint density at radius 2 is 0.725 bits per heavy atom. The van der Waals surface area contributed by atoms with E-state index in [0.29, 0.717) is 39.5 Å². The van der Waals surface area contributed by atoms with Gasteiger partial charge in [-0.15, -0.1) is 0 Å². The number of likely N-dealkylation sites (N-methyl/N-ethyl adjacent to an activating group) is 4. The Morgan fingerprint density at radius 3 is 0.975 bits per heavy atom. The Kier molecular flexibility index (Phi) is 46.3. The van der Waals surface area contributed by atoms with Gasteiger partial charge in [-0.3, -0.25) is 4.79 Å². The molecule has 0 rings (SSSR count). The van der Waals surface area contributed by atoms with Gasteiger partial charge in [0.15, 0.2) is 0 Å². The molecule has 0 heterocycles. The minimum atomic E-state index is -0.500. The van der Waals surface area contributed by atoms with E-state index >= 15 is 0 Å². The van der Waals surface area contributed by atoms with Crippen LogP contribution in [0.4, 0.5) is 0 Å². The van der Waals surface area contributed by atoms with Crippen LogP contribution in [-0.2, 0) is 28.5 Å². The number of hydrogen-bond acceptors (Lipinski definition) is 11. The minimum Gasteiger partial charge on any atom is -0.554 e. The molecular formula is C27H60KN5O7. The van der Waals surface area contributed by atoms with Gasteiger partial charge in [-0.05, 0) is 75.6 Å². The van der Waals surface area contributed by atoms with Crippen molar-refractivity contribution in [3.63, 3.8) is 0 Å². The molecule has 0 aliphatic rings. The van der Waals surface area contributed by atoms with E-state index in [4.69, 9.17) is 28.8 Å². The maximum atomic E-state index is 10.8. The molecule has 0 spiro atoms. The van der Waals surface area contributed by atoms with Gasteiger partial charge >= 0.3 is 51.4 Å². The van der Waals surface area contributed by atoms with Gasteiger partial charge in [-0.1, -0.05) is 0 Å². The second-order valence-corrected chi connectivity index (χ2v) is 9.96. The van der Waals surface area contributed by atoms with Crippen molar-refractivity contribution in [2.45, 2.75) is 19.3 Å². The van der Waals surface area contributed by atoms with Crippen molar-refractivity contribution in [3.05, 3.63) is 0 Å². The van der Waals surface area contributed by atoms with Crippen LogP contribution >= 0.6 is 0 Å². The van der Waals surface area contributed by atoms with Crippen molar-refractivity contribution >= 4 is 12.9 Å². The molecule has 0 aromatic heterocycles. The Hall–Kier alpha value is 0.256. The van der Waals surface area contributed by atoms with Gasteiger partial charge in [0.25, 0.3) is 0 Å². The molecule has 0 N–H and O–H groups in total. The summed E-state index contributed by atoms with van der Waals surface area (Å²) in [5, 5.41) is 8.25. The van der Waals surface area contributed by atoms with E-state index < -0.39 is 6.47 Å². The molecule has 0 aliphatic carbocycles. The standard InChI is InChI=1S/C13H29N3O3.C13H30N2O2.CH2O2.K/c1-14(2)5-9-18-11-7-16(13-17)8-12-19-10-6-15(3)4;1-14(2)8-12-16-10-6-5-7-11-17-13-9-15(3)4;2-1-3;/h13H,5-12H2,1-4H3;5-13H2,1-4H3;1H,(H,2,3);/q;;;+1/p-1. The minimum absolute atomic E-state index is 0. The first-order valence-electron chi connectivity index (χ1n) is 13.7. The Balaban J connectivity index is -0.000000289. The predicted octanol–water partition coefficient (Wildman–Crippen LogP) is -3.72. The summed E-state index contributed by atoms with van der Waals surface area (Å²) < 4.78 is 21.9. The van der Waals surface area contributed by atoms with Crippen LogP contribution in [0, 0.1) is 0 Å². The largest absolute Gasteiger partial charge is 1.00 e. The number of nitrogens with zero attached hydrogens (tertiary/aromatic N) is 5. The van der Waals surface area contributed by atoms with Crippen LogP contribution in [0.5, 0.6) is 0 Å². The first-order valence-corrected chi connectivity index (χ1v) is 13.7. The Bertz CT molecular complexity index is 460. The first-order chi connectivity index (χ1) is 18.6. The molecule has 0 atom stereocenters. The maximum Gasteiger partial charge on any atom is 1.00 e. The van der Waals surface area contributed by atoms with Crippen LogP contribution in [0.3, 0.4) is 0 Å². The molecule has 236 valence electrons. The average Bonchev–Trinajstić information content (AvgIpc) is 2.85. The van der Waals surface area contributed by atoms with Crippen molar-refractivity contribution in [3.8, 4) is 0 Å². The second-order valence-electron chi connectivity index (χ2n) is 9.96.